The third-order valence-electron chi connectivity index (χ3n) is 6.68. The smallest absolute Gasteiger partial charge is 0.336 e. The zero-order chi connectivity index (χ0) is 29.3. The molecule has 0 unspecified atom stereocenters. The zero-order valence-electron chi connectivity index (χ0n) is 22.9. The highest BCUT2D eigenvalue weighted by molar-refractivity contribution is 5.89. The minimum absolute atomic E-state index is 0.213. The summed E-state index contributed by atoms with van der Waals surface area (Å²) in [6.07, 6.45) is 1.99. The van der Waals surface area contributed by atoms with Crippen molar-refractivity contribution in [1.29, 1.82) is 0 Å². The Kier molecular flexibility index (Phi) is 11.4. The maximum Gasteiger partial charge on any atom is 0.336 e. The summed E-state index contributed by atoms with van der Waals surface area (Å²) < 4.78 is 5.68. The number of carbonyl (C=O) groups is 4. The first kappa shape index (κ1) is 31.7. The van der Waals surface area contributed by atoms with Crippen LogP contribution < -0.4 is 0 Å². The first-order valence-corrected chi connectivity index (χ1v) is 12.7. The van der Waals surface area contributed by atoms with Crippen LogP contribution in [0.15, 0.2) is 28.9 Å². The molecule has 2 heterocycles. The van der Waals surface area contributed by atoms with E-state index in [0.717, 1.165) is 55.6 Å². The molecule has 12 nitrogen and oxygen atoms in total. The van der Waals surface area contributed by atoms with Crippen LogP contribution in [0.2, 0.25) is 0 Å². The van der Waals surface area contributed by atoms with E-state index in [1.165, 1.54) is 5.56 Å². The fraction of sp³-hybridized carbons (Fsp3) is 0.556. The van der Waals surface area contributed by atoms with Crippen molar-refractivity contribution < 1.29 is 44.0 Å². The molecule has 1 fully saturated rings. The quantitative estimate of drug-likeness (QED) is 0.320. The van der Waals surface area contributed by atoms with E-state index >= 15 is 0 Å². The number of furan rings is 1. The SMILES string of the molecule is Cc1ccc2c(CC(=O)N(CCN(C)C)C3CCN(C)CC3)coc2c1.O=C(O)CC(O)(CC(=O)O)C(=O)O. The normalized spacial score (nSPS) is 14.6. The van der Waals surface area contributed by atoms with Crippen LogP contribution in [0.25, 0.3) is 11.0 Å². The van der Waals surface area contributed by atoms with Gasteiger partial charge in [0, 0.05) is 30.1 Å². The van der Waals surface area contributed by atoms with Crippen LogP contribution in [0, 0.1) is 6.92 Å². The lowest BCUT2D eigenvalue weighted by Gasteiger charge is -2.38. The number of likely N-dealkylation sites (tertiary alicyclic amines) is 1. The molecule has 0 atom stereocenters. The molecule has 0 radical (unpaired) electrons. The van der Waals surface area contributed by atoms with Gasteiger partial charge in [-0.2, -0.15) is 0 Å². The van der Waals surface area contributed by atoms with Crippen molar-refractivity contribution in [2.45, 2.75) is 50.7 Å². The fourth-order valence-electron chi connectivity index (χ4n) is 4.43. The van der Waals surface area contributed by atoms with Gasteiger partial charge in [0.1, 0.15) is 5.58 Å². The number of rotatable bonds is 11. The average molecular weight is 550 g/mol. The third-order valence-corrected chi connectivity index (χ3v) is 6.68. The van der Waals surface area contributed by atoms with Crippen molar-refractivity contribution in [1.82, 2.24) is 14.7 Å². The number of likely N-dealkylation sites (N-methyl/N-ethyl adjacent to an activating group) is 1. The molecule has 1 aromatic heterocycles. The Morgan fingerprint density at radius 3 is 2.13 bits per heavy atom. The Labute approximate surface area is 227 Å². The van der Waals surface area contributed by atoms with E-state index in [4.69, 9.17) is 24.8 Å². The summed E-state index contributed by atoms with van der Waals surface area (Å²) in [6, 6.07) is 6.52. The van der Waals surface area contributed by atoms with E-state index < -0.39 is 36.4 Å². The summed E-state index contributed by atoms with van der Waals surface area (Å²) in [5.74, 6) is -4.81. The highest BCUT2D eigenvalue weighted by atomic mass is 16.4. The Morgan fingerprint density at radius 1 is 1.03 bits per heavy atom. The molecule has 4 N–H and O–H groups in total. The number of fused-ring (bicyclic) bond motifs is 1. The number of amides is 1. The summed E-state index contributed by atoms with van der Waals surface area (Å²) in [5.41, 5.74) is 0.292. The molecule has 216 valence electrons. The first-order chi connectivity index (χ1) is 18.2. The number of aliphatic carboxylic acids is 3. The van der Waals surface area contributed by atoms with Crippen LogP contribution in [-0.2, 0) is 25.6 Å². The number of carbonyl (C=O) groups excluding carboxylic acids is 1. The summed E-state index contributed by atoms with van der Waals surface area (Å²) in [6.45, 7) is 5.85. The monoisotopic (exact) mass is 549 g/mol. The number of aliphatic hydroxyl groups is 1. The Hall–Kier alpha value is -3.48. The summed E-state index contributed by atoms with van der Waals surface area (Å²) >= 11 is 0. The van der Waals surface area contributed by atoms with Crippen LogP contribution >= 0.6 is 0 Å². The van der Waals surface area contributed by atoms with E-state index in [1.54, 1.807) is 6.26 Å². The lowest BCUT2D eigenvalue weighted by Crippen LogP contribution is -2.49. The van der Waals surface area contributed by atoms with Gasteiger partial charge in [-0.25, -0.2) is 4.79 Å². The molecular weight excluding hydrogens is 510 g/mol. The fourth-order valence-corrected chi connectivity index (χ4v) is 4.43. The van der Waals surface area contributed by atoms with E-state index in [9.17, 15) is 19.2 Å². The van der Waals surface area contributed by atoms with Crippen molar-refractivity contribution in [3.05, 3.63) is 35.6 Å². The molecule has 0 aliphatic carbocycles. The molecule has 12 heteroatoms. The van der Waals surface area contributed by atoms with Gasteiger partial charge in [0.05, 0.1) is 25.5 Å². The maximum atomic E-state index is 13.2. The number of piperidine rings is 1. The van der Waals surface area contributed by atoms with E-state index in [0.29, 0.717) is 12.5 Å². The highest BCUT2D eigenvalue weighted by Crippen LogP contribution is 2.24. The van der Waals surface area contributed by atoms with Gasteiger partial charge in [-0.05, 0) is 65.6 Å². The van der Waals surface area contributed by atoms with Gasteiger partial charge in [0.25, 0.3) is 0 Å². The summed E-state index contributed by atoms with van der Waals surface area (Å²) in [7, 11) is 6.27. The zero-order valence-corrected chi connectivity index (χ0v) is 22.9. The molecule has 1 saturated heterocycles. The van der Waals surface area contributed by atoms with Gasteiger partial charge in [0.15, 0.2) is 5.60 Å². The molecule has 1 aliphatic rings. The third kappa shape index (κ3) is 9.65. The largest absolute Gasteiger partial charge is 0.481 e. The second kappa shape index (κ2) is 14.1. The Balaban J connectivity index is 0.000000349. The molecule has 0 bridgehead atoms. The Morgan fingerprint density at radius 2 is 1.62 bits per heavy atom. The minimum atomic E-state index is -2.74. The second-order valence-corrected chi connectivity index (χ2v) is 10.3. The predicted octanol–water partition coefficient (Wildman–Crippen LogP) is 1.52. The van der Waals surface area contributed by atoms with E-state index in [2.05, 4.69) is 54.9 Å². The van der Waals surface area contributed by atoms with Crippen LogP contribution in [0.4, 0.5) is 0 Å². The number of aryl methyl sites for hydroxylation is 1. The first-order valence-electron chi connectivity index (χ1n) is 12.7. The van der Waals surface area contributed by atoms with Gasteiger partial charge < -0.3 is 39.5 Å². The maximum absolute atomic E-state index is 13.2. The Bertz CT molecular complexity index is 1140. The van der Waals surface area contributed by atoms with Crippen molar-refractivity contribution in [2.75, 3.05) is 47.3 Å². The number of carboxylic acids is 3. The summed E-state index contributed by atoms with van der Waals surface area (Å²) in [5, 5.41) is 34.9. The van der Waals surface area contributed by atoms with Gasteiger partial charge in [-0.15, -0.1) is 0 Å². The lowest BCUT2D eigenvalue weighted by molar-refractivity contribution is -0.170. The van der Waals surface area contributed by atoms with Crippen molar-refractivity contribution >= 4 is 34.8 Å². The molecule has 0 spiro atoms. The molecule has 39 heavy (non-hydrogen) atoms. The van der Waals surface area contributed by atoms with Crippen molar-refractivity contribution in [3.8, 4) is 0 Å². The molecule has 3 rings (SSSR count). The molecule has 0 saturated carbocycles. The number of carboxylic acid groups (broad SMARTS) is 3. The molecule has 1 amide bonds. The van der Waals surface area contributed by atoms with Gasteiger partial charge >= 0.3 is 17.9 Å². The van der Waals surface area contributed by atoms with Crippen LogP contribution in [0.1, 0.15) is 36.8 Å². The van der Waals surface area contributed by atoms with Gasteiger partial charge in [-0.3, -0.25) is 14.4 Å². The number of benzene rings is 1. The van der Waals surface area contributed by atoms with Gasteiger partial charge in [-0.1, -0.05) is 12.1 Å². The van der Waals surface area contributed by atoms with Gasteiger partial charge in [0.2, 0.25) is 5.91 Å². The van der Waals surface area contributed by atoms with Crippen LogP contribution in [0.5, 0.6) is 0 Å². The number of hydrogen-bond acceptors (Lipinski definition) is 8. The predicted molar refractivity (Wildman–Crippen MR) is 143 cm³/mol. The van der Waals surface area contributed by atoms with Crippen LogP contribution in [0.3, 0.4) is 0 Å². The van der Waals surface area contributed by atoms with Crippen molar-refractivity contribution in [2.24, 2.45) is 0 Å². The molecular formula is C27H39N3O9. The molecule has 2 aromatic rings. The van der Waals surface area contributed by atoms with E-state index in [-0.39, 0.29) is 5.91 Å². The summed E-state index contributed by atoms with van der Waals surface area (Å²) in [4.78, 5) is 50.3. The number of nitrogens with zero attached hydrogens (tertiary/aromatic N) is 3. The second-order valence-electron chi connectivity index (χ2n) is 10.3. The lowest BCUT2D eigenvalue weighted by atomic mass is 9.96. The topological polar surface area (TPSA) is 172 Å². The van der Waals surface area contributed by atoms with Crippen molar-refractivity contribution in [3.63, 3.8) is 0 Å². The molecule has 1 aromatic carbocycles. The standard InChI is InChI=1S/C21H31N3O2.C6H8O7/c1-16-5-6-19-17(15-26-20(19)13-16)14-21(25)24(12-11-22(2)3)18-7-9-23(4)10-8-18;7-3(8)1-6(13,5(11)12)2-4(9)10/h5-6,13,15,18H,7-12,14H2,1-4H3;13H,1-2H2,(H,7,8)(H,9,10)(H,11,12). The average Bonchev–Trinajstić information content (AvgIpc) is 3.21. The highest BCUT2D eigenvalue weighted by Gasteiger charge is 2.40. The van der Waals surface area contributed by atoms with E-state index in [1.807, 2.05) is 6.07 Å². The van der Waals surface area contributed by atoms with Crippen LogP contribution in [-0.4, -0.2) is 118 Å². The molecule has 1 aliphatic heterocycles. The minimum Gasteiger partial charge on any atom is -0.481 e. The number of hydrogen-bond donors (Lipinski definition) is 4.